The summed E-state index contributed by atoms with van der Waals surface area (Å²) in [4.78, 5) is 11.8. The van der Waals surface area contributed by atoms with Crippen LogP contribution in [0.25, 0.3) is 0 Å². The van der Waals surface area contributed by atoms with E-state index in [0.29, 0.717) is 11.8 Å². The monoisotopic (exact) mass is 246 g/mol. The minimum Gasteiger partial charge on any atom is -0.356 e. The van der Waals surface area contributed by atoms with Crippen LogP contribution in [0.3, 0.4) is 0 Å². The molecular weight excluding hydrogens is 224 g/mol. The van der Waals surface area contributed by atoms with E-state index in [1.807, 2.05) is 18.2 Å². The topological polar surface area (TPSA) is 55.1 Å². The van der Waals surface area contributed by atoms with Crippen molar-refractivity contribution in [3.05, 3.63) is 35.9 Å². The van der Waals surface area contributed by atoms with Gasteiger partial charge >= 0.3 is 0 Å². The number of aryl methyl sites for hydroxylation is 1. The molecule has 3 heteroatoms. The largest absolute Gasteiger partial charge is 0.356 e. The number of rotatable bonds is 7. The summed E-state index contributed by atoms with van der Waals surface area (Å²) in [7, 11) is 0. The second-order valence-electron chi connectivity index (χ2n) is 5.30. The van der Waals surface area contributed by atoms with Crippen molar-refractivity contribution in [2.24, 2.45) is 11.1 Å². The van der Waals surface area contributed by atoms with Gasteiger partial charge in [-0.2, -0.15) is 0 Å². The van der Waals surface area contributed by atoms with Gasteiger partial charge in [0.05, 0.1) is 0 Å². The third-order valence-corrected chi connectivity index (χ3v) is 3.78. The number of carbonyl (C=O) groups is 1. The lowest BCUT2D eigenvalue weighted by molar-refractivity contribution is -0.121. The summed E-state index contributed by atoms with van der Waals surface area (Å²) in [5.74, 6) is 0.155. The predicted molar refractivity (Wildman–Crippen MR) is 73.1 cm³/mol. The molecule has 1 aliphatic rings. The van der Waals surface area contributed by atoms with Gasteiger partial charge < -0.3 is 11.1 Å². The van der Waals surface area contributed by atoms with Crippen LogP contribution in [0, 0.1) is 5.41 Å². The van der Waals surface area contributed by atoms with Crippen LogP contribution in [0.4, 0.5) is 0 Å². The molecule has 1 aromatic rings. The number of nitrogens with two attached hydrogens (primary N) is 1. The molecule has 0 spiro atoms. The highest BCUT2D eigenvalue weighted by Crippen LogP contribution is 2.47. The highest BCUT2D eigenvalue weighted by atomic mass is 16.1. The number of benzene rings is 1. The molecule has 0 atom stereocenters. The Hall–Kier alpha value is -1.35. The first-order chi connectivity index (χ1) is 8.74. The number of carbonyl (C=O) groups excluding carboxylic acids is 1. The maximum Gasteiger partial charge on any atom is 0.220 e. The molecule has 2 rings (SSSR count). The molecular formula is C15H22N2O. The van der Waals surface area contributed by atoms with Gasteiger partial charge in [0, 0.05) is 13.0 Å². The zero-order valence-corrected chi connectivity index (χ0v) is 10.8. The Kier molecular flexibility index (Phi) is 4.37. The molecule has 1 saturated carbocycles. The van der Waals surface area contributed by atoms with E-state index in [1.165, 1.54) is 18.4 Å². The van der Waals surface area contributed by atoms with Crippen molar-refractivity contribution in [2.75, 3.05) is 13.1 Å². The zero-order valence-electron chi connectivity index (χ0n) is 10.8. The van der Waals surface area contributed by atoms with Crippen molar-refractivity contribution < 1.29 is 4.79 Å². The first-order valence-corrected chi connectivity index (χ1v) is 6.75. The zero-order chi connectivity index (χ0) is 12.8. The molecule has 1 aliphatic carbocycles. The van der Waals surface area contributed by atoms with E-state index in [0.717, 1.165) is 25.9 Å². The van der Waals surface area contributed by atoms with Crippen LogP contribution in [0.15, 0.2) is 30.3 Å². The summed E-state index contributed by atoms with van der Waals surface area (Å²) < 4.78 is 0. The van der Waals surface area contributed by atoms with E-state index in [4.69, 9.17) is 5.73 Å². The first-order valence-electron chi connectivity index (χ1n) is 6.75. The summed E-state index contributed by atoms with van der Waals surface area (Å²) in [6.45, 7) is 1.53. The average Bonchev–Trinajstić information content (AvgIpc) is 3.16. The number of hydrogen-bond donors (Lipinski definition) is 2. The van der Waals surface area contributed by atoms with Crippen LogP contribution in [-0.4, -0.2) is 19.0 Å². The second-order valence-corrected chi connectivity index (χ2v) is 5.30. The molecule has 0 saturated heterocycles. The molecule has 0 unspecified atom stereocenters. The molecule has 1 fully saturated rings. The van der Waals surface area contributed by atoms with E-state index >= 15 is 0 Å². The summed E-state index contributed by atoms with van der Waals surface area (Å²) in [6, 6.07) is 10.1. The Morgan fingerprint density at radius 2 is 2.00 bits per heavy atom. The summed E-state index contributed by atoms with van der Waals surface area (Å²) in [5.41, 5.74) is 7.13. The van der Waals surface area contributed by atoms with Crippen molar-refractivity contribution in [2.45, 2.75) is 32.1 Å². The van der Waals surface area contributed by atoms with Crippen LogP contribution in [0.5, 0.6) is 0 Å². The lowest BCUT2D eigenvalue weighted by Crippen LogP contribution is -2.31. The molecule has 3 nitrogen and oxygen atoms in total. The first kappa shape index (κ1) is 13.1. The third kappa shape index (κ3) is 3.84. The van der Waals surface area contributed by atoms with Gasteiger partial charge in [0.1, 0.15) is 0 Å². The standard InChI is InChI=1S/C15H22N2O/c16-11-10-15(8-9-15)12-17-14(18)7-6-13-4-2-1-3-5-13/h1-5H,6-12,16H2,(H,17,18). The minimum atomic E-state index is 0.155. The van der Waals surface area contributed by atoms with Crippen LogP contribution >= 0.6 is 0 Å². The van der Waals surface area contributed by atoms with Crippen LogP contribution < -0.4 is 11.1 Å². The number of amides is 1. The molecule has 0 aromatic heterocycles. The van der Waals surface area contributed by atoms with Crippen LogP contribution in [0.1, 0.15) is 31.2 Å². The van der Waals surface area contributed by atoms with E-state index in [9.17, 15) is 4.79 Å². The third-order valence-electron chi connectivity index (χ3n) is 3.78. The second kappa shape index (κ2) is 6.01. The van der Waals surface area contributed by atoms with E-state index in [2.05, 4.69) is 17.4 Å². The molecule has 98 valence electrons. The Bertz CT molecular complexity index is 385. The number of hydrogen-bond acceptors (Lipinski definition) is 2. The quantitative estimate of drug-likeness (QED) is 0.771. The maximum absolute atomic E-state index is 11.8. The van der Waals surface area contributed by atoms with Crippen LogP contribution in [-0.2, 0) is 11.2 Å². The van der Waals surface area contributed by atoms with E-state index < -0.39 is 0 Å². The Labute approximate surface area is 109 Å². The highest BCUT2D eigenvalue weighted by molar-refractivity contribution is 5.76. The molecule has 1 amide bonds. The van der Waals surface area contributed by atoms with Gasteiger partial charge in [-0.15, -0.1) is 0 Å². The normalized spacial score (nSPS) is 16.3. The Morgan fingerprint density at radius 1 is 1.28 bits per heavy atom. The van der Waals surface area contributed by atoms with Gasteiger partial charge in [0.15, 0.2) is 0 Å². The van der Waals surface area contributed by atoms with Gasteiger partial charge in [-0.1, -0.05) is 30.3 Å². The predicted octanol–water partition coefficient (Wildman–Crippen LogP) is 1.86. The molecule has 0 bridgehead atoms. The summed E-state index contributed by atoms with van der Waals surface area (Å²) >= 11 is 0. The fourth-order valence-corrected chi connectivity index (χ4v) is 2.28. The van der Waals surface area contributed by atoms with Crippen molar-refractivity contribution in [3.8, 4) is 0 Å². The summed E-state index contributed by atoms with van der Waals surface area (Å²) in [6.07, 6.45) is 4.84. The SMILES string of the molecule is NCCC1(CNC(=O)CCc2ccccc2)CC1. The minimum absolute atomic E-state index is 0.155. The van der Waals surface area contributed by atoms with Crippen molar-refractivity contribution in [3.63, 3.8) is 0 Å². The van der Waals surface area contributed by atoms with Gasteiger partial charge in [0.25, 0.3) is 0 Å². The van der Waals surface area contributed by atoms with Gasteiger partial charge in [-0.3, -0.25) is 4.79 Å². The molecule has 1 aromatic carbocycles. The fourth-order valence-electron chi connectivity index (χ4n) is 2.28. The average molecular weight is 246 g/mol. The van der Waals surface area contributed by atoms with E-state index in [1.54, 1.807) is 0 Å². The lowest BCUT2D eigenvalue weighted by atomic mass is 10.0. The maximum atomic E-state index is 11.8. The van der Waals surface area contributed by atoms with Crippen molar-refractivity contribution in [1.82, 2.24) is 5.32 Å². The van der Waals surface area contributed by atoms with Gasteiger partial charge in [-0.25, -0.2) is 0 Å². The smallest absolute Gasteiger partial charge is 0.220 e. The molecule has 18 heavy (non-hydrogen) atoms. The van der Waals surface area contributed by atoms with E-state index in [-0.39, 0.29) is 5.91 Å². The Morgan fingerprint density at radius 3 is 2.61 bits per heavy atom. The van der Waals surface area contributed by atoms with Gasteiger partial charge in [-0.05, 0) is 43.2 Å². The Balaban J connectivity index is 1.67. The fraction of sp³-hybridized carbons (Fsp3) is 0.533. The number of nitrogens with one attached hydrogen (secondary N) is 1. The molecule has 0 radical (unpaired) electrons. The van der Waals surface area contributed by atoms with Crippen LogP contribution in [0.2, 0.25) is 0 Å². The molecule has 3 N–H and O–H groups in total. The highest BCUT2D eigenvalue weighted by Gasteiger charge is 2.41. The van der Waals surface area contributed by atoms with Crippen molar-refractivity contribution in [1.29, 1.82) is 0 Å². The molecule has 0 aliphatic heterocycles. The lowest BCUT2D eigenvalue weighted by Gasteiger charge is -2.14. The van der Waals surface area contributed by atoms with Crippen molar-refractivity contribution >= 4 is 5.91 Å². The molecule has 0 heterocycles. The van der Waals surface area contributed by atoms with Gasteiger partial charge in [0.2, 0.25) is 5.91 Å². The summed E-state index contributed by atoms with van der Waals surface area (Å²) in [5, 5.41) is 3.05.